The van der Waals surface area contributed by atoms with E-state index in [0.29, 0.717) is 0 Å². The standard InChI is InChI=1S/C16H23NSi/c1-5-6-7-8-9-15-10-11-16(17-14-15)12-13-18(2,3)4/h10-14H,5-7H2,1-4H3/b13-12+. The summed E-state index contributed by atoms with van der Waals surface area (Å²) in [5.74, 6) is 6.33. The third-order valence-electron chi connectivity index (χ3n) is 2.43. The number of rotatable bonds is 4. The minimum Gasteiger partial charge on any atom is -0.256 e. The Kier molecular flexibility index (Phi) is 5.87. The van der Waals surface area contributed by atoms with Crippen LogP contribution in [0.15, 0.2) is 24.0 Å². The molecule has 1 nitrogen and oxygen atoms in total. The molecule has 0 aliphatic heterocycles. The van der Waals surface area contributed by atoms with Crippen molar-refractivity contribution in [2.45, 2.75) is 45.8 Å². The fourth-order valence-corrected chi connectivity index (χ4v) is 2.01. The topological polar surface area (TPSA) is 12.9 Å². The van der Waals surface area contributed by atoms with Crippen LogP contribution in [0, 0.1) is 11.8 Å². The molecule has 1 heterocycles. The van der Waals surface area contributed by atoms with E-state index in [2.05, 4.69) is 61.2 Å². The summed E-state index contributed by atoms with van der Waals surface area (Å²) in [5.41, 5.74) is 4.34. The number of aromatic nitrogens is 1. The number of pyridine rings is 1. The van der Waals surface area contributed by atoms with Gasteiger partial charge in [0.2, 0.25) is 0 Å². The van der Waals surface area contributed by atoms with E-state index >= 15 is 0 Å². The van der Waals surface area contributed by atoms with Crippen LogP contribution >= 0.6 is 0 Å². The van der Waals surface area contributed by atoms with Crippen LogP contribution in [-0.2, 0) is 0 Å². The van der Waals surface area contributed by atoms with Gasteiger partial charge in [-0.1, -0.05) is 50.5 Å². The van der Waals surface area contributed by atoms with Crippen molar-refractivity contribution in [1.29, 1.82) is 0 Å². The molecule has 2 heteroatoms. The van der Waals surface area contributed by atoms with Crippen molar-refractivity contribution >= 4 is 14.1 Å². The molecule has 0 fully saturated rings. The predicted octanol–water partition coefficient (Wildman–Crippen LogP) is 4.51. The van der Waals surface area contributed by atoms with Gasteiger partial charge in [-0.05, 0) is 24.6 Å². The van der Waals surface area contributed by atoms with Crippen molar-refractivity contribution in [3.8, 4) is 11.8 Å². The molecule has 0 aromatic carbocycles. The molecule has 0 unspecified atom stereocenters. The molecule has 0 aliphatic carbocycles. The molecule has 0 amide bonds. The molecule has 0 saturated heterocycles. The normalized spacial score (nSPS) is 11.3. The van der Waals surface area contributed by atoms with Gasteiger partial charge in [0.15, 0.2) is 0 Å². The van der Waals surface area contributed by atoms with Gasteiger partial charge in [0.05, 0.1) is 13.8 Å². The van der Waals surface area contributed by atoms with Crippen LogP contribution < -0.4 is 0 Å². The molecule has 18 heavy (non-hydrogen) atoms. The highest BCUT2D eigenvalue weighted by atomic mass is 28.3. The summed E-state index contributed by atoms with van der Waals surface area (Å²) in [6, 6.07) is 4.09. The van der Waals surface area contributed by atoms with E-state index in [1.165, 1.54) is 12.8 Å². The maximum Gasteiger partial charge on any atom is 0.0688 e. The Morgan fingerprint density at radius 2 is 2.06 bits per heavy atom. The smallest absolute Gasteiger partial charge is 0.0688 e. The van der Waals surface area contributed by atoms with E-state index in [1.54, 1.807) is 0 Å². The lowest BCUT2D eigenvalue weighted by atomic mass is 10.2. The quantitative estimate of drug-likeness (QED) is 0.439. The van der Waals surface area contributed by atoms with Crippen molar-refractivity contribution in [2.75, 3.05) is 0 Å². The molecule has 0 atom stereocenters. The molecule has 0 spiro atoms. The third kappa shape index (κ3) is 6.41. The van der Waals surface area contributed by atoms with Crippen molar-refractivity contribution in [2.24, 2.45) is 0 Å². The molecular weight excluding hydrogens is 234 g/mol. The zero-order chi connectivity index (χ0) is 13.4. The molecule has 1 aromatic heterocycles. The van der Waals surface area contributed by atoms with E-state index < -0.39 is 8.07 Å². The minimum absolute atomic E-state index is 0.980. The number of nitrogens with zero attached hydrogens (tertiary/aromatic N) is 1. The Labute approximate surface area is 112 Å². The summed E-state index contributed by atoms with van der Waals surface area (Å²) in [7, 11) is -1.13. The fraction of sp³-hybridized carbons (Fsp3) is 0.438. The molecule has 0 aliphatic rings. The van der Waals surface area contributed by atoms with Crippen LogP contribution in [0.5, 0.6) is 0 Å². The largest absolute Gasteiger partial charge is 0.256 e. The lowest BCUT2D eigenvalue weighted by Gasteiger charge is -2.07. The Hall–Kier alpha value is -1.33. The van der Waals surface area contributed by atoms with E-state index in [1.807, 2.05) is 12.3 Å². The fourth-order valence-electron chi connectivity index (χ4n) is 1.34. The van der Waals surface area contributed by atoms with Gasteiger partial charge in [0, 0.05) is 18.2 Å². The highest BCUT2D eigenvalue weighted by molar-refractivity contribution is 6.81. The number of hydrogen-bond acceptors (Lipinski definition) is 1. The van der Waals surface area contributed by atoms with E-state index in [4.69, 9.17) is 0 Å². The Morgan fingerprint density at radius 3 is 2.61 bits per heavy atom. The van der Waals surface area contributed by atoms with Crippen molar-refractivity contribution < 1.29 is 0 Å². The minimum atomic E-state index is -1.13. The monoisotopic (exact) mass is 257 g/mol. The summed E-state index contributed by atoms with van der Waals surface area (Å²) in [6.45, 7) is 9.13. The van der Waals surface area contributed by atoms with Gasteiger partial charge in [-0.15, -0.1) is 0 Å². The second-order valence-corrected chi connectivity index (χ2v) is 10.6. The van der Waals surface area contributed by atoms with E-state index in [0.717, 1.165) is 17.7 Å². The van der Waals surface area contributed by atoms with Crippen LogP contribution in [0.25, 0.3) is 6.08 Å². The lowest BCUT2D eigenvalue weighted by molar-refractivity contribution is 0.828. The van der Waals surface area contributed by atoms with Gasteiger partial charge in [-0.25, -0.2) is 0 Å². The zero-order valence-electron chi connectivity index (χ0n) is 12.0. The first-order valence-electron chi connectivity index (χ1n) is 6.65. The van der Waals surface area contributed by atoms with E-state index in [-0.39, 0.29) is 0 Å². The third-order valence-corrected chi connectivity index (χ3v) is 3.60. The maximum atomic E-state index is 4.41. The van der Waals surface area contributed by atoms with Gasteiger partial charge in [0.1, 0.15) is 0 Å². The Balaban J connectivity index is 2.62. The average molecular weight is 257 g/mol. The summed E-state index contributed by atoms with van der Waals surface area (Å²) in [5, 5.41) is 0. The molecule has 1 aromatic rings. The van der Waals surface area contributed by atoms with Gasteiger partial charge >= 0.3 is 0 Å². The summed E-state index contributed by atoms with van der Waals surface area (Å²) in [4.78, 5) is 4.41. The van der Waals surface area contributed by atoms with Crippen LogP contribution in [-0.4, -0.2) is 13.1 Å². The molecule has 0 radical (unpaired) electrons. The Bertz CT molecular complexity index is 441. The molecule has 0 N–H and O–H groups in total. The van der Waals surface area contributed by atoms with Gasteiger partial charge in [-0.3, -0.25) is 4.98 Å². The molecule has 1 rings (SSSR count). The molecule has 0 bridgehead atoms. The first kappa shape index (κ1) is 14.7. The Morgan fingerprint density at radius 1 is 1.28 bits per heavy atom. The second-order valence-electron chi connectivity index (χ2n) is 5.58. The maximum absolute atomic E-state index is 4.41. The number of unbranched alkanes of at least 4 members (excludes halogenated alkanes) is 2. The second kappa shape index (κ2) is 7.18. The van der Waals surface area contributed by atoms with E-state index in [9.17, 15) is 0 Å². The number of hydrogen-bond donors (Lipinski definition) is 0. The first-order chi connectivity index (χ1) is 8.51. The van der Waals surface area contributed by atoms with Crippen LogP contribution in [0.3, 0.4) is 0 Å². The average Bonchev–Trinajstić information content (AvgIpc) is 2.33. The molecule has 0 saturated carbocycles. The summed E-state index contributed by atoms with van der Waals surface area (Å²) >= 11 is 0. The SMILES string of the molecule is CCCCC#Cc1ccc(/C=C/[Si](C)(C)C)nc1. The van der Waals surface area contributed by atoms with Gasteiger partial charge in [-0.2, -0.15) is 0 Å². The van der Waals surface area contributed by atoms with Crippen molar-refractivity contribution in [3.63, 3.8) is 0 Å². The first-order valence-corrected chi connectivity index (χ1v) is 10.2. The van der Waals surface area contributed by atoms with Crippen molar-refractivity contribution in [3.05, 3.63) is 35.3 Å². The summed E-state index contributed by atoms with van der Waals surface area (Å²) < 4.78 is 0. The van der Waals surface area contributed by atoms with Crippen LogP contribution in [0.2, 0.25) is 19.6 Å². The summed E-state index contributed by atoms with van der Waals surface area (Å²) in [6.07, 6.45) is 7.35. The van der Waals surface area contributed by atoms with Crippen LogP contribution in [0.1, 0.15) is 37.4 Å². The van der Waals surface area contributed by atoms with Gasteiger partial charge < -0.3 is 0 Å². The predicted molar refractivity (Wildman–Crippen MR) is 83.0 cm³/mol. The zero-order valence-corrected chi connectivity index (χ0v) is 13.0. The van der Waals surface area contributed by atoms with Crippen molar-refractivity contribution in [1.82, 2.24) is 4.98 Å². The van der Waals surface area contributed by atoms with Gasteiger partial charge in [0.25, 0.3) is 0 Å². The molecular formula is C16H23NSi. The highest BCUT2D eigenvalue weighted by Crippen LogP contribution is 2.07. The molecule has 96 valence electrons. The highest BCUT2D eigenvalue weighted by Gasteiger charge is 2.06. The van der Waals surface area contributed by atoms with Crippen LogP contribution in [0.4, 0.5) is 0 Å². The lowest BCUT2D eigenvalue weighted by Crippen LogP contribution is -2.15.